The molecule has 0 spiro atoms. The fraction of sp³-hybridized carbons (Fsp3) is 0.375. The molecule has 2 aromatic carbocycles. The quantitative estimate of drug-likeness (QED) is 0.821. The number of fused-ring (bicyclic) bond motifs is 1. The first kappa shape index (κ1) is 13.8. The Morgan fingerprint density at radius 2 is 1.79 bits per heavy atom. The summed E-state index contributed by atoms with van der Waals surface area (Å²) in [6.07, 6.45) is 0. The fourth-order valence-electron chi connectivity index (χ4n) is 1.95. The van der Waals surface area contributed by atoms with Crippen molar-refractivity contribution in [3.05, 3.63) is 42.0 Å². The van der Waals surface area contributed by atoms with E-state index in [1.54, 1.807) is 0 Å². The summed E-state index contributed by atoms with van der Waals surface area (Å²) in [5.41, 5.74) is 3.56. The zero-order valence-corrected chi connectivity index (χ0v) is 11.9. The van der Waals surface area contributed by atoms with Gasteiger partial charge in [0.2, 0.25) is 0 Å². The fourth-order valence-corrected chi connectivity index (χ4v) is 1.95. The Kier molecular flexibility index (Phi) is 3.78. The molecule has 0 aliphatic heterocycles. The summed E-state index contributed by atoms with van der Waals surface area (Å²) in [5, 5.41) is 12.3. The van der Waals surface area contributed by atoms with Gasteiger partial charge >= 0.3 is 0 Å². The molecule has 3 nitrogen and oxygen atoms in total. The first-order valence-corrected chi connectivity index (χ1v) is 6.52. The number of phenolic OH excluding ortho intramolecular Hbond substituents is 1. The third-order valence-electron chi connectivity index (χ3n) is 2.94. The average Bonchev–Trinajstić information content (AvgIpc) is 2.36. The van der Waals surface area contributed by atoms with Crippen LogP contribution in [0.3, 0.4) is 0 Å². The molecule has 19 heavy (non-hydrogen) atoms. The molecule has 0 aliphatic carbocycles. The minimum absolute atomic E-state index is 0.0798. The Hall–Kier alpha value is -1.58. The van der Waals surface area contributed by atoms with Crippen LogP contribution in [0, 0.1) is 0 Å². The van der Waals surface area contributed by atoms with Crippen LogP contribution in [-0.2, 0) is 4.84 Å². The van der Waals surface area contributed by atoms with E-state index in [4.69, 9.17) is 4.84 Å². The number of rotatable bonds is 3. The Morgan fingerprint density at radius 1 is 1.11 bits per heavy atom. The topological polar surface area (TPSA) is 41.5 Å². The molecule has 0 aliphatic rings. The summed E-state index contributed by atoms with van der Waals surface area (Å²) < 4.78 is 0. The lowest BCUT2D eigenvalue weighted by atomic mass is 10.0. The largest absolute Gasteiger partial charge is 0.507 e. The minimum Gasteiger partial charge on any atom is -0.507 e. The number of phenols is 1. The second kappa shape index (κ2) is 5.19. The van der Waals surface area contributed by atoms with Gasteiger partial charge in [-0.2, -0.15) is 5.48 Å². The van der Waals surface area contributed by atoms with Crippen molar-refractivity contribution in [1.29, 1.82) is 0 Å². The maximum absolute atomic E-state index is 10.4. The first-order chi connectivity index (χ1) is 8.88. The highest BCUT2D eigenvalue weighted by atomic mass is 16.7. The standard InChI is InChI=1S/C16H21NO2/c1-11(17-19-16(2,3)4)13-10-9-12-7-5-6-8-14(12)15(13)18/h5-11,17-18H,1-4H3. The van der Waals surface area contributed by atoms with E-state index >= 15 is 0 Å². The lowest BCUT2D eigenvalue weighted by molar-refractivity contribution is -0.0868. The third kappa shape index (κ3) is 3.25. The van der Waals surface area contributed by atoms with E-state index in [0.29, 0.717) is 5.75 Å². The highest BCUT2D eigenvalue weighted by Crippen LogP contribution is 2.32. The summed E-state index contributed by atoms with van der Waals surface area (Å²) >= 11 is 0. The average molecular weight is 259 g/mol. The molecular weight excluding hydrogens is 238 g/mol. The molecule has 3 heteroatoms. The van der Waals surface area contributed by atoms with Crippen molar-refractivity contribution >= 4 is 10.8 Å². The van der Waals surface area contributed by atoms with Crippen LogP contribution in [0.1, 0.15) is 39.3 Å². The molecule has 0 fully saturated rings. The van der Waals surface area contributed by atoms with Gasteiger partial charge in [-0.1, -0.05) is 36.4 Å². The highest BCUT2D eigenvalue weighted by Gasteiger charge is 2.16. The third-order valence-corrected chi connectivity index (χ3v) is 2.94. The van der Waals surface area contributed by atoms with Gasteiger partial charge in [-0.15, -0.1) is 0 Å². The predicted octanol–water partition coefficient (Wildman–Crippen LogP) is 3.93. The van der Waals surface area contributed by atoms with Crippen molar-refractivity contribution < 1.29 is 9.94 Å². The Morgan fingerprint density at radius 3 is 2.47 bits per heavy atom. The van der Waals surface area contributed by atoms with Gasteiger partial charge in [0.25, 0.3) is 0 Å². The van der Waals surface area contributed by atoms with E-state index in [-0.39, 0.29) is 11.6 Å². The molecule has 0 radical (unpaired) electrons. The van der Waals surface area contributed by atoms with Crippen LogP contribution in [0.25, 0.3) is 10.8 Å². The number of aromatic hydroxyl groups is 1. The zero-order valence-electron chi connectivity index (χ0n) is 11.9. The first-order valence-electron chi connectivity index (χ1n) is 6.52. The van der Waals surface area contributed by atoms with Gasteiger partial charge in [0.15, 0.2) is 0 Å². The molecule has 1 unspecified atom stereocenters. The van der Waals surface area contributed by atoms with Gasteiger partial charge in [0.1, 0.15) is 5.75 Å². The van der Waals surface area contributed by atoms with Gasteiger partial charge in [0, 0.05) is 10.9 Å². The maximum atomic E-state index is 10.4. The SMILES string of the molecule is CC(NOC(C)(C)C)c1ccc2ccccc2c1O. The smallest absolute Gasteiger partial charge is 0.128 e. The molecule has 1 atom stereocenters. The number of nitrogens with one attached hydrogen (secondary N) is 1. The van der Waals surface area contributed by atoms with E-state index in [9.17, 15) is 5.11 Å². The van der Waals surface area contributed by atoms with Crippen LogP contribution >= 0.6 is 0 Å². The summed E-state index contributed by atoms with van der Waals surface area (Å²) in [6, 6.07) is 11.7. The van der Waals surface area contributed by atoms with E-state index in [1.807, 2.05) is 64.1 Å². The summed E-state index contributed by atoms with van der Waals surface area (Å²) in [4.78, 5) is 5.55. The summed E-state index contributed by atoms with van der Waals surface area (Å²) in [7, 11) is 0. The molecule has 0 saturated heterocycles. The second-order valence-corrected chi connectivity index (χ2v) is 5.78. The number of hydroxylamine groups is 1. The summed E-state index contributed by atoms with van der Waals surface area (Å²) in [6.45, 7) is 7.91. The molecule has 0 heterocycles. The Labute approximate surface area is 114 Å². The van der Waals surface area contributed by atoms with Crippen LogP contribution in [0.4, 0.5) is 0 Å². The molecule has 0 amide bonds. The van der Waals surface area contributed by atoms with E-state index in [1.165, 1.54) is 0 Å². The van der Waals surface area contributed by atoms with Gasteiger partial charge in [-0.3, -0.25) is 4.84 Å². The molecular formula is C16H21NO2. The van der Waals surface area contributed by atoms with Crippen molar-refractivity contribution in [3.63, 3.8) is 0 Å². The van der Waals surface area contributed by atoms with Crippen molar-refractivity contribution in [2.45, 2.75) is 39.3 Å². The second-order valence-electron chi connectivity index (χ2n) is 5.78. The number of hydrogen-bond donors (Lipinski definition) is 2. The van der Waals surface area contributed by atoms with Crippen molar-refractivity contribution in [3.8, 4) is 5.75 Å². The van der Waals surface area contributed by atoms with Crippen molar-refractivity contribution in [2.75, 3.05) is 0 Å². The molecule has 2 N–H and O–H groups in total. The molecule has 2 aromatic rings. The Balaban J connectivity index is 2.27. The minimum atomic E-state index is -0.263. The lowest BCUT2D eigenvalue weighted by Crippen LogP contribution is -2.31. The van der Waals surface area contributed by atoms with Gasteiger partial charge < -0.3 is 5.11 Å². The van der Waals surface area contributed by atoms with Crippen molar-refractivity contribution in [2.24, 2.45) is 0 Å². The predicted molar refractivity (Wildman–Crippen MR) is 78.0 cm³/mol. The van der Waals surface area contributed by atoms with E-state index < -0.39 is 0 Å². The normalized spacial score (nSPS) is 13.7. The van der Waals surface area contributed by atoms with E-state index in [2.05, 4.69) is 5.48 Å². The van der Waals surface area contributed by atoms with E-state index in [0.717, 1.165) is 16.3 Å². The van der Waals surface area contributed by atoms with Gasteiger partial charge in [-0.25, -0.2) is 0 Å². The monoisotopic (exact) mass is 259 g/mol. The lowest BCUT2D eigenvalue weighted by Gasteiger charge is -2.24. The van der Waals surface area contributed by atoms with Crippen molar-refractivity contribution in [1.82, 2.24) is 5.48 Å². The molecule has 102 valence electrons. The number of benzene rings is 2. The van der Waals surface area contributed by atoms with Gasteiger partial charge in [-0.05, 0) is 33.1 Å². The van der Waals surface area contributed by atoms with Crippen LogP contribution in [0.15, 0.2) is 36.4 Å². The maximum Gasteiger partial charge on any atom is 0.128 e. The summed E-state index contributed by atoms with van der Waals surface area (Å²) in [5.74, 6) is 0.315. The van der Waals surface area contributed by atoms with Crippen LogP contribution in [0.5, 0.6) is 5.75 Å². The van der Waals surface area contributed by atoms with Crippen LogP contribution in [-0.4, -0.2) is 10.7 Å². The molecule has 0 aromatic heterocycles. The number of hydrogen-bond acceptors (Lipinski definition) is 3. The molecule has 0 saturated carbocycles. The van der Waals surface area contributed by atoms with Crippen LogP contribution in [0.2, 0.25) is 0 Å². The molecule has 2 rings (SSSR count). The molecule has 0 bridgehead atoms. The zero-order chi connectivity index (χ0) is 14.0. The van der Waals surface area contributed by atoms with Crippen LogP contribution < -0.4 is 5.48 Å². The van der Waals surface area contributed by atoms with Gasteiger partial charge in [0.05, 0.1) is 11.6 Å². The highest BCUT2D eigenvalue weighted by molar-refractivity contribution is 5.89. The Bertz CT molecular complexity index is 572.